The van der Waals surface area contributed by atoms with Gasteiger partial charge in [-0.05, 0) is 0 Å². The molecule has 0 amide bonds. The number of hydrogen-bond donors (Lipinski definition) is 0. The second kappa shape index (κ2) is 12.6. The molecule has 0 aromatic carbocycles. The number of ether oxygens (including phenoxy) is 3. The van der Waals surface area contributed by atoms with Crippen molar-refractivity contribution in [3.63, 3.8) is 0 Å². The normalized spacial score (nSPS) is 9.26. The Labute approximate surface area is 109 Å². The second-order valence-electron chi connectivity index (χ2n) is 3.17. The molecule has 0 atom stereocenters. The van der Waals surface area contributed by atoms with Crippen molar-refractivity contribution >= 4 is 23.4 Å². The molecule has 0 aromatic heterocycles. The number of rotatable bonds is 12. The first-order valence-corrected chi connectivity index (χ1v) is 5.41. The molecule has 0 saturated heterocycles. The molecule has 7 nitrogen and oxygen atoms in total. The van der Waals surface area contributed by atoms with E-state index < -0.39 is 11.6 Å². The first-order chi connectivity index (χ1) is 9.20. The first-order valence-electron chi connectivity index (χ1n) is 5.41. The molecule has 0 aliphatic heterocycles. The fourth-order valence-electron chi connectivity index (χ4n) is 0.898. The first kappa shape index (κ1) is 17.1. The van der Waals surface area contributed by atoms with Crippen LogP contribution in [0.15, 0.2) is 12.2 Å². The Bertz CT molecular complexity index is 340. The van der Waals surface area contributed by atoms with E-state index in [1.54, 1.807) is 0 Å². The zero-order chi connectivity index (χ0) is 14.3. The molecule has 0 saturated carbocycles. The van der Waals surface area contributed by atoms with Gasteiger partial charge in [-0.25, -0.2) is 9.59 Å². The maximum atomic E-state index is 10.8. The summed E-state index contributed by atoms with van der Waals surface area (Å²) < 4.78 is 14.9. The topological polar surface area (TPSA) is 96.0 Å². The number of carbonyl (C=O) groups is 2. The Kier molecular flexibility index (Phi) is 11.3. The largest absolute Gasteiger partial charge is 0.377 e. The minimum Gasteiger partial charge on any atom is -0.377 e. The van der Waals surface area contributed by atoms with Crippen LogP contribution >= 0.6 is 0 Å². The third-order valence-corrected chi connectivity index (χ3v) is 1.67. The fourth-order valence-corrected chi connectivity index (χ4v) is 0.898. The van der Waals surface area contributed by atoms with Crippen LogP contribution in [0.3, 0.4) is 0 Å². The van der Waals surface area contributed by atoms with E-state index in [-0.39, 0.29) is 39.6 Å². The summed E-state index contributed by atoms with van der Waals surface area (Å²) in [6, 6.07) is 0. The van der Waals surface area contributed by atoms with E-state index in [2.05, 4.69) is 0 Å². The number of carbonyl (C=O) groups excluding carboxylic acids is 4. The summed E-state index contributed by atoms with van der Waals surface area (Å²) in [6.45, 7) is 0.521. The average molecular weight is 270 g/mol. The summed E-state index contributed by atoms with van der Waals surface area (Å²) in [7, 11) is 0. The van der Waals surface area contributed by atoms with Crippen molar-refractivity contribution in [1.29, 1.82) is 0 Å². The quantitative estimate of drug-likeness (QED) is 0.253. The van der Waals surface area contributed by atoms with Crippen LogP contribution in [0.25, 0.3) is 0 Å². The summed E-state index contributed by atoms with van der Waals surface area (Å²) >= 11 is 0. The monoisotopic (exact) mass is 270 g/mol. The van der Waals surface area contributed by atoms with Gasteiger partial charge in [-0.1, -0.05) is 0 Å². The third kappa shape index (κ3) is 12.4. The van der Waals surface area contributed by atoms with E-state index in [4.69, 9.17) is 14.2 Å². The molecule has 0 aliphatic carbocycles. The molecule has 0 aliphatic rings. The predicted molar refractivity (Wildman–Crippen MR) is 63.0 cm³/mol. The highest BCUT2D eigenvalue weighted by Gasteiger charge is 1.98. The molecule has 0 bridgehead atoms. The molecule has 0 radical (unpaired) electrons. The van der Waals surface area contributed by atoms with Gasteiger partial charge >= 0.3 is 0 Å². The van der Waals surface area contributed by atoms with Crippen molar-refractivity contribution in [3.05, 3.63) is 12.2 Å². The zero-order valence-electron chi connectivity index (χ0n) is 10.3. The van der Waals surface area contributed by atoms with Gasteiger partial charge in [0, 0.05) is 0 Å². The molecular weight excluding hydrogens is 256 g/mol. The molecule has 19 heavy (non-hydrogen) atoms. The van der Waals surface area contributed by atoms with Crippen LogP contribution in [-0.2, 0) is 33.4 Å². The van der Waals surface area contributed by atoms with Crippen LogP contribution < -0.4 is 0 Å². The molecule has 104 valence electrons. The Morgan fingerprint density at radius 3 is 1.47 bits per heavy atom. The Morgan fingerprint density at radius 2 is 1.11 bits per heavy atom. The van der Waals surface area contributed by atoms with Crippen molar-refractivity contribution in [1.82, 2.24) is 0 Å². The number of hydrogen-bond acceptors (Lipinski definition) is 7. The van der Waals surface area contributed by atoms with Crippen molar-refractivity contribution in [2.75, 3.05) is 39.6 Å². The highest BCUT2D eigenvalue weighted by atomic mass is 16.5. The predicted octanol–water partition coefficient (Wildman–Crippen LogP) is -1.05. The second-order valence-corrected chi connectivity index (χ2v) is 3.17. The van der Waals surface area contributed by atoms with Crippen molar-refractivity contribution < 1.29 is 33.4 Å². The van der Waals surface area contributed by atoms with E-state index in [9.17, 15) is 19.2 Å². The van der Waals surface area contributed by atoms with Gasteiger partial charge in [0.25, 0.3) is 0 Å². The molecule has 0 heterocycles. The molecular formula is C12H14O7. The minimum absolute atomic E-state index is 0.193. The van der Waals surface area contributed by atoms with Gasteiger partial charge < -0.3 is 14.2 Å². The Hall–Kier alpha value is -1.88. The van der Waals surface area contributed by atoms with Gasteiger partial charge in [0.2, 0.25) is 0 Å². The minimum atomic E-state index is -0.458. The van der Waals surface area contributed by atoms with Crippen LogP contribution in [0.4, 0.5) is 0 Å². The van der Waals surface area contributed by atoms with Gasteiger partial charge in [0.15, 0.2) is 11.6 Å². The standard InChI is InChI=1S/C12H14O7/c13-3-1-11(15)9-18-7-5-17-6-8-19-10-12(16)2-4-14/h1-2H,5-10H2. The summed E-state index contributed by atoms with van der Waals surface area (Å²) in [5.41, 5.74) is 0. The van der Waals surface area contributed by atoms with E-state index in [0.29, 0.717) is 0 Å². The Morgan fingerprint density at radius 1 is 0.737 bits per heavy atom. The molecule has 0 fully saturated rings. The van der Waals surface area contributed by atoms with Crippen molar-refractivity contribution in [3.8, 4) is 0 Å². The lowest BCUT2D eigenvalue weighted by molar-refractivity contribution is -0.119. The van der Waals surface area contributed by atoms with Gasteiger partial charge in [0.05, 0.1) is 38.6 Å². The third-order valence-electron chi connectivity index (χ3n) is 1.67. The molecule has 0 aromatic rings. The molecule has 0 rings (SSSR count). The van der Waals surface area contributed by atoms with E-state index in [1.807, 2.05) is 0 Å². The van der Waals surface area contributed by atoms with E-state index >= 15 is 0 Å². The van der Waals surface area contributed by atoms with Crippen LogP contribution in [0.5, 0.6) is 0 Å². The van der Waals surface area contributed by atoms with Gasteiger partial charge in [-0.15, -0.1) is 0 Å². The lowest BCUT2D eigenvalue weighted by atomic mass is 10.4. The Balaban J connectivity index is 3.27. The summed E-state index contributed by atoms with van der Waals surface area (Å²) in [6.07, 6.45) is 1.53. The van der Waals surface area contributed by atoms with E-state index in [1.165, 1.54) is 11.9 Å². The van der Waals surface area contributed by atoms with Crippen LogP contribution in [-0.4, -0.2) is 63.1 Å². The van der Waals surface area contributed by atoms with Gasteiger partial charge in [-0.3, -0.25) is 9.59 Å². The van der Waals surface area contributed by atoms with E-state index in [0.717, 1.165) is 12.2 Å². The smallest absolute Gasteiger partial charge is 0.192 e. The fraction of sp³-hybridized carbons (Fsp3) is 0.500. The molecule has 0 N–H and O–H groups in total. The maximum absolute atomic E-state index is 10.8. The SMILES string of the molecule is O=C=CC(=O)COCCOCCOCC(=O)C=C=O. The van der Waals surface area contributed by atoms with Crippen LogP contribution in [0.1, 0.15) is 0 Å². The van der Waals surface area contributed by atoms with Crippen molar-refractivity contribution in [2.45, 2.75) is 0 Å². The maximum Gasteiger partial charge on any atom is 0.192 e. The molecule has 7 heteroatoms. The van der Waals surface area contributed by atoms with Gasteiger partial charge in [-0.2, -0.15) is 0 Å². The lowest BCUT2D eigenvalue weighted by Crippen LogP contribution is -2.14. The molecule has 0 spiro atoms. The summed E-state index contributed by atoms with van der Waals surface area (Å²) in [5, 5.41) is 0. The highest BCUT2D eigenvalue weighted by Crippen LogP contribution is 1.83. The highest BCUT2D eigenvalue weighted by molar-refractivity contribution is 5.97. The van der Waals surface area contributed by atoms with Crippen molar-refractivity contribution in [2.24, 2.45) is 0 Å². The number of ketones is 2. The van der Waals surface area contributed by atoms with Gasteiger partial charge in [0.1, 0.15) is 25.1 Å². The summed E-state index contributed by atoms with van der Waals surface area (Å²) in [4.78, 5) is 41.1. The van der Waals surface area contributed by atoms with Crippen LogP contribution in [0, 0.1) is 0 Å². The summed E-state index contributed by atoms with van der Waals surface area (Å²) in [5.74, 6) is 1.79. The average Bonchev–Trinajstić information content (AvgIpc) is 2.37. The zero-order valence-corrected chi connectivity index (χ0v) is 10.3. The molecule has 0 unspecified atom stereocenters. The van der Waals surface area contributed by atoms with Crippen LogP contribution in [0.2, 0.25) is 0 Å². The lowest BCUT2D eigenvalue weighted by Gasteiger charge is -2.04.